The van der Waals surface area contributed by atoms with Gasteiger partial charge in [0.2, 0.25) is 11.3 Å². The topological polar surface area (TPSA) is 104 Å². The molecular weight excluding hydrogens is 222 g/mol. The number of rotatable bonds is 4. The molecule has 2 rings (SSSR count). The highest BCUT2D eigenvalue weighted by atomic mass is 16.9. The van der Waals surface area contributed by atoms with Gasteiger partial charge >= 0.3 is 0 Å². The van der Waals surface area contributed by atoms with Crippen molar-refractivity contribution in [3.63, 3.8) is 0 Å². The van der Waals surface area contributed by atoms with Crippen molar-refractivity contribution in [2.24, 2.45) is 5.90 Å². The van der Waals surface area contributed by atoms with Crippen LogP contribution in [-0.4, -0.2) is 17.5 Å². The van der Waals surface area contributed by atoms with Crippen LogP contribution in [0.3, 0.4) is 0 Å². The molecular formula is C11H13N3O3. The van der Waals surface area contributed by atoms with Crippen LogP contribution < -0.4 is 11.1 Å². The number of hydrogen-bond donors (Lipinski definition) is 3. The normalized spacial score (nSPS) is 24.5. The van der Waals surface area contributed by atoms with E-state index in [-0.39, 0.29) is 18.6 Å². The number of ketones is 1. The number of hydroxylamine groups is 2. The number of fused-ring (bicyclic) bond motifs is 1. The lowest BCUT2D eigenvalue weighted by atomic mass is 9.92. The van der Waals surface area contributed by atoms with Crippen LogP contribution in [0.5, 0.6) is 0 Å². The number of quaternary nitrogens is 1. The minimum atomic E-state index is -1.35. The third kappa shape index (κ3) is 1.67. The van der Waals surface area contributed by atoms with Gasteiger partial charge in [-0.2, -0.15) is 11.1 Å². The summed E-state index contributed by atoms with van der Waals surface area (Å²) in [5.74, 6) is 4.57. The van der Waals surface area contributed by atoms with E-state index in [1.54, 1.807) is 24.3 Å². The van der Waals surface area contributed by atoms with Crippen molar-refractivity contribution in [3.05, 3.63) is 40.6 Å². The van der Waals surface area contributed by atoms with Crippen LogP contribution in [0.1, 0.15) is 22.3 Å². The van der Waals surface area contributed by atoms with Gasteiger partial charge < -0.3 is 10.6 Å². The second kappa shape index (κ2) is 4.34. The fraction of sp³-hybridized carbons (Fsp3) is 0.273. The summed E-state index contributed by atoms with van der Waals surface area (Å²) >= 11 is 0. The van der Waals surface area contributed by atoms with E-state index < -0.39 is 10.8 Å². The van der Waals surface area contributed by atoms with Crippen molar-refractivity contribution >= 4 is 12.0 Å². The fourth-order valence-electron chi connectivity index (χ4n) is 2.26. The van der Waals surface area contributed by atoms with E-state index in [2.05, 4.69) is 4.94 Å². The first-order valence-corrected chi connectivity index (χ1v) is 5.18. The van der Waals surface area contributed by atoms with E-state index in [0.717, 1.165) is 11.8 Å². The smallest absolute Gasteiger partial charge is 0.227 e. The Morgan fingerprint density at radius 3 is 2.88 bits per heavy atom. The average molecular weight is 235 g/mol. The number of Topliss-reactive ketones (excluding diaryl/α,β-unsaturated/α-hetero) is 1. The molecule has 6 heteroatoms. The predicted octanol–water partition coefficient (Wildman–Crippen LogP) is -0.608. The van der Waals surface area contributed by atoms with Gasteiger partial charge in [-0.1, -0.05) is 24.3 Å². The van der Waals surface area contributed by atoms with Gasteiger partial charge in [0.05, 0.1) is 0 Å². The number of benzene rings is 1. The zero-order valence-corrected chi connectivity index (χ0v) is 9.10. The summed E-state index contributed by atoms with van der Waals surface area (Å²) in [5.41, 5.74) is -0.0373. The molecule has 0 aliphatic heterocycles. The Hall–Kier alpha value is -1.60. The molecule has 0 heterocycles. The molecule has 0 bridgehead atoms. The van der Waals surface area contributed by atoms with Gasteiger partial charge in [-0.25, -0.2) is 0 Å². The summed E-state index contributed by atoms with van der Waals surface area (Å²) in [6.45, 7) is 0. The fourth-order valence-corrected chi connectivity index (χ4v) is 2.26. The molecule has 1 aromatic carbocycles. The highest BCUT2D eigenvalue weighted by Gasteiger charge is 2.51. The first-order chi connectivity index (χ1) is 8.15. The van der Waals surface area contributed by atoms with Crippen LogP contribution in [0.25, 0.3) is 0 Å². The van der Waals surface area contributed by atoms with Crippen molar-refractivity contribution in [2.45, 2.75) is 18.4 Å². The number of carbonyl (C=O) groups excluding carboxylic acids is 1. The number of hydrogen-bond acceptors (Lipinski definition) is 5. The SMILES string of the molecule is N=CCC1([NH+]([O-])ON)Cc2ccccc2C1=O. The Morgan fingerprint density at radius 1 is 1.59 bits per heavy atom. The van der Waals surface area contributed by atoms with Crippen LogP contribution in [-0.2, 0) is 11.4 Å². The van der Waals surface area contributed by atoms with E-state index in [0.29, 0.717) is 5.56 Å². The maximum absolute atomic E-state index is 12.2. The Kier molecular flexibility index (Phi) is 3.03. The first-order valence-electron chi connectivity index (χ1n) is 5.18. The maximum Gasteiger partial charge on any atom is 0.227 e. The van der Waals surface area contributed by atoms with Crippen molar-refractivity contribution in [3.8, 4) is 0 Å². The molecule has 6 nitrogen and oxygen atoms in total. The van der Waals surface area contributed by atoms with Crippen molar-refractivity contribution < 1.29 is 15.0 Å². The van der Waals surface area contributed by atoms with Crippen molar-refractivity contribution in [2.75, 3.05) is 0 Å². The molecule has 0 aromatic heterocycles. The second-order valence-electron chi connectivity index (χ2n) is 4.06. The molecule has 0 amide bonds. The predicted molar refractivity (Wildman–Crippen MR) is 60.2 cm³/mol. The molecule has 4 N–H and O–H groups in total. The highest BCUT2D eigenvalue weighted by Crippen LogP contribution is 2.29. The van der Waals surface area contributed by atoms with Gasteiger partial charge in [0.25, 0.3) is 0 Å². The average Bonchev–Trinajstić information content (AvgIpc) is 2.64. The summed E-state index contributed by atoms with van der Waals surface area (Å²) in [6, 6.07) is 7.02. The lowest BCUT2D eigenvalue weighted by Crippen LogP contribution is -3.17. The van der Waals surface area contributed by atoms with Gasteiger partial charge in [-0.3, -0.25) is 4.79 Å². The molecule has 0 fully saturated rings. The van der Waals surface area contributed by atoms with Crippen molar-refractivity contribution in [1.82, 2.24) is 0 Å². The quantitative estimate of drug-likeness (QED) is 0.478. The Labute approximate surface area is 98.0 Å². The molecule has 17 heavy (non-hydrogen) atoms. The molecule has 0 saturated heterocycles. The van der Waals surface area contributed by atoms with Crippen LogP contribution in [0.4, 0.5) is 0 Å². The molecule has 0 saturated carbocycles. The molecule has 1 aromatic rings. The minimum Gasteiger partial charge on any atom is -0.598 e. The van der Waals surface area contributed by atoms with Crippen LogP contribution >= 0.6 is 0 Å². The van der Waals surface area contributed by atoms with Crippen molar-refractivity contribution in [1.29, 1.82) is 5.41 Å². The van der Waals surface area contributed by atoms with Crippen LogP contribution in [0.15, 0.2) is 24.3 Å². The molecule has 1 aliphatic carbocycles. The van der Waals surface area contributed by atoms with Gasteiger partial charge in [0.15, 0.2) is 0 Å². The Morgan fingerprint density at radius 2 is 2.29 bits per heavy atom. The number of nitrogens with two attached hydrogens (primary N) is 1. The number of nitrogens with one attached hydrogen (secondary N) is 2. The Bertz CT molecular complexity index is 463. The standard InChI is InChI=1S/C11H13N3O3/c12-6-5-11(14(16)17-13)7-8-3-1-2-4-9(8)10(11)15/h1-4,6,12,14H,5,7,13H2. The zero-order valence-electron chi connectivity index (χ0n) is 9.10. The highest BCUT2D eigenvalue weighted by molar-refractivity contribution is 6.07. The monoisotopic (exact) mass is 235 g/mol. The Balaban J connectivity index is 2.46. The van der Waals surface area contributed by atoms with Gasteiger partial charge in [-0.05, 0) is 5.56 Å². The molecule has 2 atom stereocenters. The number of carbonyl (C=O) groups is 1. The van der Waals surface area contributed by atoms with Gasteiger partial charge in [-0.15, -0.1) is 4.94 Å². The summed E-state index contributed by atoms with van der Waals surface area (Å²) in [6.07, 6.45) is 1.30. The van der Waals surface area contributed by atoms with Crippen LogP contribution in [0, 0.1) is 10.6 Å². The summed E-state index contributed by atoms with van der Waals surface area (Å²) < 4.78 is 0. The lowest BCUT2D eigenvalue weighted by molar-refractivity contribution is -1.09. The second-order valence-corrected chi connectivity index (χ2v) is 4.06. The van der Waals surface area contributed by atoms with E-state index in [1.807, 2.05) is 0 Å². The summed E-state index contributed by atoms with van der Waals surface area (Å²) in [4.78, 5) is 16.5. The molecule has 2 unspecified atom stereocenters. The van der Waals surface area contributed by atoms with Gasteiger partial charge in [0, 0.05) is 24.6 Å². The van der Waals surface area contributed by atoms with E-state index in [1.165, 1.54) is 0 Å². The van der Waals surface area contributed by atoms with Gasteiger partial charge in [0.1, 0.15) is 0 Å². The first kappa shape index (κ1) is 11.9. The summed E-state index contributed by atoms with van der Waals surface area (Å²) in [7, 11) is 0. The molecule has 90 valence electrons. The lowest BCUT2D eigenvalue weighted by Gasteiger charge is -2.33. The van der Waals surface area contributed by atoms with Crippen LogP contribution in [0.2, 0.25) is 0 Å². The molecule has 0 radical (unpaired) electrons. The zero-order chi connectivity index (χ0) is 12.5. The molecule has 0 spiro atoms. The largest absolute Gasteiger partial charge is 0.598 e. The third-order valence-corrected chi connectivity index (χ3v) is 3.14. The van der Waals surface area contributed by atoms with E-state index >= 15 is 0 Å². The summed E-state index contributed by atoms with van der Waals surface area (Å²) in [5, 5.41) is 18.1. The third-order valence-electron chi connectivity index (χ3n) is 3.14. The maximum atomic E-state index is 12.2. The van der Waals surface area contributed by atoms with E-state index in [9.17, 15) is 10.0 Å². The molecule has 1 aliphatic rings. The van der Waals surface area contributed by atoms with E-state index in [4.69, 9.17) is 11.3 Å². The minimum absolute atomic E-state index is 0.0105.